The van der Waals surface area contributed by atoms with E-state index < -0.39 is 0 Å². The average molecular weight is 225 g/mol. The zero-order valence-electron chi connectivity index (χ0n) is 9.25. The Balaban J connectivity index is 1.79. The van der Waals surface area contributed by atoms with Crippen LogP contribution in [0.15, 0.2) is 6.07 Å². The number of fused-ring (bicyclic) bond motifs is 1. The van der Waals surface area contributed by atoms with Gasteiger partial charge in [-0.25, -0.2) is 0 Å². The van der Waals surface area contributed by atoms with E-state index in [2.05, 4.69) is 11.4 Å². The molecule has 0 aromatic carbocycles. The molecule has 0 saturated carbocycles. The Morgan fingerprint density at radius 2 is 2.40 bits per heavy atom. The molecule has 0 saturated heterocycles. The van der Waals surface area contributed by atoms with Crippen LogP contribution in [0.2, 0.25) is 0 Å². The minimum absolute atomic E-state index is 0.197. The maximum atomic E-state index is 9.39. The van der Waals surface area contributed by atoms with Gasteiger partial charge in [0.05, 0.1) is 6.10 Å². The lowest BCUT2D eigenvalue weighted by atomic mass is 10.2. The third-order valence-electron chi connectivity index (χ3n) is 2.95. The van der Waals surface area contributed by atoms with Gasteiger partial charge in [0.2, 0.25) is 0 Å². The number of hydrogen-bond donors (Lipinski definition) is 2. The van der Waals surface area contributed by atoms with E-state index in [1.165, 1.54) is 24.1 Å². The maximum absolute atomic E-state index is 9.39. The molecule has 1 unspecified atom stereocenters. The van der Waals surface area contributed by atoms with E-state index >= 15 is 0 Å². The molecule has 3 heteroatoms. The fourth-order valence-electron chi connectivity index (χ4n) is 1.98. The van der Waals surface area contributed by atoms with Gasteiger partial charge >= 0.3 is 0 Å². The highest BCUT2D eigenvalue weighted by atomic mass is 32.1. The molecule has 0 amide bonds. The molecule has 15 heavy (non-hydrogen) atoms. The fraction of sp³-hybridized carbons (Fsp3) is 0.667. The third-order valence-corrected chi connectivity index (χ3v) is 4.19. The first kappa shape index (κ1) is 11.1. The molecule has 84 valence electrons. The zero-order chi connectivity index (χ0) is 10.7. The molecule has 0 fully saturated rings. The minimum atomic E-state index is -0.197. The molecule has 1 atom stereocenters. The monoisotopic (exact) mass is 225 g/mol. The SMILES string of the molecule is CCC(O)CNCc1cc2c(s1)CCC2. The summed E-state index contributed by atoms with van der Waals surface area (Å²) in [6.07, 6.45) is 4.51. The second-order valence-electron chi connectivity index (χ2n) is 4.21. The Kier molecular flexibility index (Phi) is 3.78. The van der Waals surface area contributed by atoms with Crippen molar-refractivity contribution in [1.82, 2.24) is 5.32 Å². The number of aliphatic hydroxyl groups is 1. The molecular weight excluding hydrogens is 206 g/mol. The van der Waals surface area contributed by atoms with Crippen molar-refractivity contribution in [3.8, 4) is 0 Å². The Morgan fingerprint density at radius 1 is 1.53 bits per heavy atom. The summed E-state index contributed by atoms with van der Waals surface area (Å²) in [5.74, 6) is 0. The first-order valence-electron chi connectivity index (χ1n) is 5.79. The molecule has 0 radical (unpaired) electrons. The van der Waals surface area contributed by atoms with Crippen LogP contribution in [0.3, 0.4) is 0 Å². The number of aliphatic hydroxyl groups excluding tert-OH is 1. The summed E-state index contributed by atoms with van der Waals surface area (Å²) in [6.45, 7) is 3.62. The van der Waals surface area contributed by atoms with Crippen LogP contribution >= 0.6 is 11.3 Å². The van der Waals surface area contributed by atoms with Crippen molar-refractivity contribution >= 4 is 11.3 Å². The van der Waals surface area contributed by atoms with Gasteiger partial charge in [0.15, 0.2) is 0 Å². The second-order valence-corrected chi connectivity index (χ2v) is 5.43. The van der Waals surface area contributed by atoms with Crippen molar-refractivity contribution in [3.63, 3.8) is 0 Å². The van der Waals surface area contributed by atoms with Gasteiger partial charge in [0.25, 0.3) is 0 Å². The predicted molar refractivity (Wildman–Crippen MR) is 64.3 cm³/mol. The van der Waals surface area contributed by atoms with Crippen molar-refractivity contribution in [2.24, 2.45) is 0 Å². The van der Waals surface area contributed by atoms with Crippen molar-refractivity contribution in [3.05, 3.63) is 21.4 Å². The first-order chi connectivity index (χ1) is 7.29. The summed E-state index contributed by atoms with van der Waals surface area (Å²) < 4.78 is 0. The second kappa shape index (κ2) is 5.10. The Labute approximate surface area is 95.3 Å². The normalized spacial score (nSPS) is 16.7. The van der Waals surface area contributed by atoms with Crippen LogP contribution in [0.1, 0.15) is 35.1 Å². The van der Waals surface area contributed by atoms with Gasteiger partial charge in [-0.2, -0.15) is 0 Å². The molecule has 1 heterocycles. The number of aryl methyl sites for hydroxylation is 2. The first-order valence-corrected chi connectivity index (χ1v) is 6.60. The Bertz CT molecular complexity index is 300. The Hall–Kier alpha value is -0.380. The molecular formula is C12H19NOS. The highest BCUT2D eigenvalue weighted by Gasteiger charge is 2.14. The summed E-state index contributed by atoms with van der Waals surface area (Å²) in [7, 11) is 0. The molecule has 1 aromatic rings. The Morgan fingerprint density at radius 3 is 3.13 bits per heavy atom. The predicted octanol–water partition coefficient (Wildman–Crippen LogP) is 2.10. The quantitative estimate of drug-likeness (QED) is 0.804. The lowest BCUT2D eigenvalue weighted by Crippen LogP contribution is -2.25. The van der Waals surface area contributed by atoms with E-state index in [4.69, 9.17) is 0 Å². The average Bonchev–Trinajstić information content (AvgIpc) is 2.77. The fourth-order valence-corrected chi connectivity index (χ4v) is 3.21. The number of rotatable bonds is 5. The lowest BCUT2D eigenvalue weighted by molar-refractivity contribution is 0.167. The van der Waals surface area contributed by atoms with Crippen molar-refractivity contribution < 1.29 is 5.11 Å². The van der Waals surface area contributed by atoms with Crippen LogP contribution in [0.25, 0.3) is 0 Å². The van der Waals surface area contributed by atoms with Gasteiger partial charge in [-0.1, -0.05) is 6.92 Å². The van der Waals surface area contributed by atoms with E-state index in [0.717, 1.165) is 13.0 Å². The van der Waals surface area contributed by atoms with E-state index in [1.54, 1.807) is 10.4 Å². The summed E-state index contributed by atoms with van der Waals surface area (Å²) in [4.78, 5) is 3.01. The van der Waals surface area contributed by atoms with Crippen LogP contribution < -0.4 is 5.32 Å². The molecule has 0 bridgehead atoms. The van der Waals surface area contributed by atoms with Gasteiger partial charge in [-0.15, -0.1) is 11.3 Å². The van der Waals surface area contributed by atoms with Crippen molar-refractivity contribution in [2.45, 2.75) is 45.3 Å². The minimum Gasteiger partial charge on any atom is -0.392 e. The molecule has 1 aliphatic carbocycles. The summed E-state index contributed by atoms with van der Waals surface area (Å²) >= 11 is 1.94. The highest BCUT2D eigenvalue weighted by molar-refractivity contribution is 7.12. The maximum Gasteiger partial charge on any atom is 0.0662 e. The molecule has 1 aliphatic rings. The van der Waals surface area contributed by atoms with Gasteiger partial charge in [0.1, 0.15) is 0 Å². The summed E-state index contributed by atoms with van der Waals surface area (Å²) in [6, 6.07) is 2.33. The highest BCUT2D eigenvalue weighted by Crippen LogP contribution is 2.30. The van der Waals surface area contributed by atoms with Crippen LogP contribution in [0.4, 0.5) is 0 Å². The summed E-state index contributed by atoms with van der Waals surface area (Å²) in [5.41, 5.74) is 1.56. The van der Waals surface area contributed by atoms with Crippen LogP contribution in [-0.2, 0) is 19.4 Å². The summed E-state index contributed by atoms with van der Waals surface area (Å²) in [5, 5.41) is 12.7. The molecule has 0 spiro atoms. The third kappa shape index (κ3) is 2.80. The van der Waals surface area contributed by atoms with E-state index in [-0.39, 0.29) is 6.10 Å². The zero-order valence-corrected chi connectivity index (χ0v) is 10.1. The molecule has 2 nitrogen and oxygen atoms in total. The topological polar surface area (TPSA) is 32.3 Å². The number of thiophene rings is 1. The van der Waals surface area contributed by atoms with Crippen LogP contribution in [0.5, 0.6) is 0 Å². The lowest BCUT2D eigenvalue weighted by Gasteiger charge is -2.07. The van der Waals surface area contributed by atoms with E-state index in [9.17, 15) is 5.11 Å². The van der Waals surface area contributed by atoms with Crippen molar-refractivity contribution in [2.75, 3.05) is 6.54 Å². The van der Waals surface area contributed by atoms with Crippen LogP contribution in [-0.4, -0.2) is 17.8 Å². The van der Waals surface area contributed by atoms with Gasteiger partial charge in [0, 0.05) is 22.8 Å². The van der Waals surface area contributed by atoms with E-state index in [1.807, 2.05) is 18.3 Å². The smallest absolute Gasteiger partial charge is 0.0662 e. The number of hydrogen-bond acceptors (Lipinski definition) is 3. The van der Waals surface area contributed by atoms with Crippen molar-refractivity contribution in [1.29, 1.82) is 0 Å². The van der Waals surface area contributed by atoms with Gasteiger partial charge in [-0.3, -0.25) is 0 Å². The number of nitrogens with one attached hydrogen (secondary N) is 1. The molecule has 0 aliphatic heterocycles. The van der Waals surface area contributed by atoms with Gasteiger partial charge in [-0.05, 0) is 37.3 Å². The molecule has 2 rings (SSSR count). The van der Waals surface area contributed by atoms with Crippen LogP contribution in [0, 0.1) is 0 Å². The largest absolute Gasteiger partial charge is 0.392 e. The van der Waals surface area contributed by atoms with Gasteiger partial charge < -0.3 is 10.4 Å². The molecule has 2 N–H and O–H groups in total. The standard InChI is InChI=1S/C12H19NOS/c1-2-10(14)7-13-8-11-6-9-4-3-5-12(9)15-11/h6,10,13-14H,2-5,7-8H2,1H3. The molecule has 1 aromatic heterocycles. The van der Waals surface area contributed by atoms with E-state index in [0.29, 0.717) is 6.54 Å².